The monoisotopic (exact) mass is 365 g/mol. The molecule has 0 aliphatic rings. The van der Waals surface area contributed by atoms with Gasteiger partial charge in [0.15, 0.2) is 0 Å². The van der Waals surface area contributed by atoms with Gasteiger partial charge in [-0.2, -0.15) is 0 Å². The van der Waals surface area contributed by atoms with Gasteiger partial charge in [-0.25, -0.2) is 4.79 Å². The van der Waals surface area contributed by atoms with Crippen molar-refractivity contribution in [1.29, 1.82) is 0 Å². The second kappa shape index (κ2) is 10.4. The van der Waals surface area contributed by atoms with E-state index in [1.165, 1.54) is 0 Å². The highest BCUT2D eigenvalue weighted by atomic mass is 16.5. The van der Waals surface area contributed by atoms with Crippen molar-refractivity contribution < 1.29 is 24.2 Å². The number of hydrogen-bond acceptors (Lipinski definition) is 5. The van der Waals surface area contributed by atoms with Gasteiger partial charge >= 0.3 is 5.97 Å². The van der Waals surface area contributed by atoms with Gasteiger partial charge in [-0.15, -0.1) is 0 Å². The van der Waals surface area contributed by atoms with Crippen LogP contribution in [-0.4, -0.2) is 42.1 Å². The molecule has 144 valence electrons. The molecule has 0 spiro atoms. The number of carboxylic acids is 1. The second-order valence-electron chi connectivity index (χ2n) is 6.46. The molecule has 0 aromatic heterocycles. The van der Waals surface area contributed by atoms with Crippen LogP contribution in [0.25, 0.3) is 0 Å². The Bertz CT molecular complexity index is 616. The van der Waals surface area contributed by atoms with Crippen molar-refractivity contribution in [3.63, 3.8) is 0 Å². The standard InChI is InChI=1S/C18H27N3O5/c1-11(2)8-15(18(24)25)21-17(23)14(19)9-16(22)20-10-12-4-6-13(26-3)7-5-12/h4-7,11,14-15H,8-10,19H2,1-3H3,(H,20,22)(H,21,23)(H,24,25)/t14-,15-/m0/s1. The molecule has 5 N–H and O–H groups in total. The summed E-state index contributed by atoms with van der Waals surface area (Å²) in [4.78, 5) is 35.1. The number of rotatable bonds is 10. The first kappa shape index (κ1) is 21.4. The summed E-state index contributed by atoms with van der Waals surface area (Å²) in [6.45, 7) is 4.01. The summed E-state index contributed by atoms with van der Waals surface area (Å²) in [5.41, 5.74) is 6.60. The molecule has 26 heavy (non-hydrogen) atoms. The van der Waals surface area contributed by atoms with Crippen LogP contribution in [0.5, 0.6) is 5.75 Å². The van der Waals surface area contributed by atoms with Gasteiger partial charge in [0.1, 0.15) is 11.8 Å². The number of carbonyl (C=O) groups is 3. The summed E-state index contributed by atoms with van der Waals surface area (Å²) in [6.07, 6.45) is 0.0630. The summed E-state index contributed by atoms with van der Waals surface area (Å²) in [5, 5.41) is 14.2. The molecule has 0 heterocycles. The Morgan fingerprint density at radius 1 is 1.19 bits per heavy atom. The van der Waals surface area contributed by atoms with Crippen LogP contribution in [0.4, 0.5) is 0 Å². The molecule has 0 saturated carbocycles. The Morgan fingerprint density at radius 2 is 1.81 bits per heavy atom. The van der Waals surface area contributed by atoms with Crippen LogP contribution in [0.3, 0.4) is 0 Å². The maximum absolute atomic E-state index is 12.0. The number of methoxy groups -OCH3 is 1. The van der Waals surface area contributed by atoms with Gasteiger partial charge in [0, 0.05) is 6.54 Å². The molecular weight excluding hydrogens is 338 g/mol. The predicted molar refractivity (Wildman–Crippen MR) is 96.5 cm³/mol. The fraction of sp³-hybridized carbons (Fsp3) is 0.500. The van der Waals surface area contributed by atoms with Gasteiger partial charge in [-0.05, 0) is 30.0 Å². The van der Waals surface area contributed by atoms with Crippen LogP contribution in [0.1, 0.15) is 32.3 Å². The Kier molecular flexibility index (Phi) is 8.57. The number of aliphatic carboxylic acids is 1. The van der Waals surface area contributed by atoms with E-state index in [4.69, 9.17) is 15.6 Å². The smallest absolute Gasteiger partial charge is 0.326 e. The van der Waals surface area contributed by atoms with E-state index in [1.54, 1.807) is 19.2 Å². The van der Waals surface area contributed by atoms with Crippen LogP contribution in [0.15, 0.2) is 24.3 Å². The summed E-state index contributed by atoms with van der Waals surface area (Å²) in [5.74, 6) is -1.35. The van der Waals surface area contributed by atoms with Crippen molar-refractivity contribution in [2.75, 3.05) is 7.11 Å². The van der Waals surface area contributed by atoms with E-state index >= 15 is 0 Å². The first-order chi connectivity index (χ1) is 12.2. The molecule has 2 amide bonds. The van der Waals surface area contributed by atoms with Gasteiger partial charge in [-0.3, -0.25) is 9.59 Å². The Labute approximate surface area is 153 Å². The molecule has 0 bridgehead atoms. The summed E-state index contributed by atoms with van der Waals surface area (Å²) in [6, 6.07) is 5.06. The van der Waals surface area contributed by atoms with Crippen molar-refractivity contribution in [1.82, 2.24) is 10.6 Å². The summed E-state index contributed by atoms with van der Waals surface area (Å²) >= 11 is 0. The lowest BCUT2D eigenvalue weighted by Gasteiger charge is -2.19. The van der Waals surface area contributed by atoms with Gasteiger partial charge in [0.25, 0.3) is 0 Å². The molecule has 0 aliphatic heterocycles. The van der Waals surface area contributed by atoms with E-state index in [0.717, 1.165) is 5.56 Å². The number of nitrogens with one attached hydrogen (secondary N) is 2. The minimum atomic E-state index is -1.12. The van der Waals surface area contributed by atoms with Crippen molar-refractivity contribution in [3.8, 4) is 5.75 Å². The van der Waals surface area contributed by atoms with E-state index < -0.39 is 24.0 Å². The van der Waals surface area contributed by atoms with Crippen LogP contribution in [-0.2, 0) is 20.9 Å². The highest BCUT2D eigenvalue weighted by Crippen LogP contribution is 2.11. The van der Waals surface area contributed by atoms with E-state index in [1.807, 2.05) is 26.0 Å². The molecule has 0 radical (unpaired) electrons. The number of nitrogens with two attached hydrogens (primary N) is 1. The van der Waals surface area contributed by atoms with Crippen molar-refractivity contribution in [2.24, 2.45) is 11.7 Å². The number of benzene rings is 1. The molecule has 8 nitrogen and oxygen atoms in total. The van der Waals surface area contributed by atoms with Crippen molar-refractivity contribution >= 4 is 17.8 Å². The average molecular weight is 365 g/mol. The van der Waals surface area contributed by atoms with Crippen LogP contribution < -0.4 is 21.1 Å². The van der Waals surface area contributed by atoms with Gasteiger partial charge in [-0.1, -0.05) is 26.0 Å². The number of carbonyl (C=O) groups excluding carboxylic acids is 2. The maximum Gasteiger partial charge on any atom is 0.326 e. The van der Waals surface area contributed by atoms with Crippen LogP contribution in [0.2, 0.25) is 0 Å². The van der Waals surface area contributed by atoms with Crippen LogP contribution in [0, 0.1) is 5.92 Å². The van der Waals surface area contributed by atoms with Crippen LogP contribution >= 0.6 is 0 Å². The van der Waals surface area contributed by atoms with Crippen molar-refractivity contribution in [3.05, 3.63) is 29.8 Å². The topological polar surface area (TPSA) is 131 Å². The average Bonchev–Trinajstić information content (AvgIpc) is 2.59. The Morgan fingerprint density at radius 3 is 2.31 bits per heavy atom. The highest BCUT2D eigenvalue weighted by molar-refractivity contribution is 5.90. The molecule has 1 rings (SSSR count). The van der Waals surface area contributed by atoms with Gasteiger partial charge in [0.05, 0.1) is 19.6 Å². The zero-order valence-corrected chi connectivity index (χ0v) is 15.3. The van der Waals surface area contributed by atoms with Gasteiger partial charge < -0.3 is 26.2 Å². The lowest BCUT2D eigenvalue weighted by atomic mass is 10.0. The third-order valence-corrected chi connectivity index (χ3v) is 3.71. The third-order valence-electron chi connectivity index (χ3n) is 3.71. The fourth-order valence-electron chi connectivity index (χ4n) is 2.28. The number of hydrogen-bond donors (Lipinski definition) is 4. The van der Waals surface area contributed by atoms with E-state index in [9.17, 15) is 14.4 Å². The number of amides is 2. The second-order valence-corrected chi connectivity index (χ2v) is 6.46. The summed E-state index contributed by atoms with van der Waals surface area (Å²) in [7, 11) is 1.57. The Balaban J connectivity index is 2.46. The molecule has 2 atom stereocenters. The van der Waals surface area contributed by atoms with Crippen molar-refractivity contribution in [2.45, 2.75) is 45.3 Å². The zero-order chi connectivity index (χ0) is 19.7. The molecule has 0 aliphatic carbocycles. The van der Waals surface area contributed by atoms with E-state index in [-0.39, 0.29) is 24.7 Å². The normalized spacial score (nSPS) is 13.0. The fourth-order valence-corrected chi connectivity index (χ4v) is 2.28. The lowest BCUT2D eigenvalue weighted by Crippen LogP contribution is -2.50. The maximum atomic E-state index is 12.0. The largest absolute Gasteiger partial charge is 0.497 e. The summed E-state index contributed by atoms with van der Waals surface area (Å²) < 4.78 is 5.06. The predicted octanol–water partition coefficient (Wildman–Crippen LogP) is 0.644. The number of ether oxygens (including phenoxy) is 1. The van der Waals surface area contributed by atoms with Gasteiger partial charge in [0.2, 0.25) is 11.8 Å². The highest BCUT2D eigenvalue weighted by Gasteiger charge is 2.25. The minimum Gasteiger partial charge on any atom is -0.497 e. The quantitative estimate of drug-likeness (QED) is 0.481. The molecule has 0 unspecified atom stereocenters. The molecule has 1 aromatic carbocycles. The first-order valence-corrected chi connectivity index (χ1v) is 8.41. The number of carboxylic acid groups (broad SMARTS) is 1. The molecule has 8 heteroatoms. The van der Waals surface area contributed by atoms with E-state index in [0.29, 0.717) is 12.3 Å². The minimum absolute atomic E-state index is 0.0976. The Hall–Kier alpha value is -2.61. The molecule has 0 fully saturated rings. The molecular formula is C18H27N3O5. The molecule has 0 saturated heterocycles. The lowest BCUT2D eigenvalue weighted by molar-refractivity contribution is -0.142. The molecule has 1 aromatic rings. The SMILES string of the molecule is COc1ccc(CNC(=O)C[C@H](N)C(=O)N[C@@H](CC(C)C)C(=O)O)cc1. The first-order valence-electron chi connectivity index (χ1n) is 8.41. The third kappa shape index (κ3) is 7.52. The van der Waals surface area contributed by atoms with E-state index in [2.05, 4.69) is 10.6 Å². The zero-order valence-electron chi connectivity index (χ0n) is 15.3.